The number of amides is 1. The molecule has 0 fully saturated rings. The van der Waals surface area contributed by atoms with Crippen LogP contribution < -0.4 is 0 Å². The highest BCUT2D eigenvalue weighted by Crippen LogP contribution is 2.26. The van der Waals surface area contributed by atoms with E-state index in [1.807, 2.05) is 12.2 Å². The molecule has 2 rings (SSSR count). The molecule has 2 unspecified atom stereocenters. The van der Waals surface area contributed by atoms with Crippen molar-refractivity contribution in [2.24, 2.45) is 11.8 Å². The summed E-state index contributed by atoms with van der Waals surface area (Å²) in [6, 6.07) is 0. The fourth-order valence-corrected chi connectivity index (χ4v) is 2.97. The Morgan fingerprint density at radius 1 is 1.40 bits per heavy atom. The van der Waals surface area contributed by atoms with Crippen molar-refractivity contribution in [2.45, 2.75) is 32.8 Å². The molecule has 1 heterocycles. The second kappa shape index (κ2) is 8.78. The van der Waals surface area contributed by atoms with Crippen molar-refractivity contribution < 1.29 is 25.3 Å². The van der Waals surface area contributed by atoms with Gasteiger partial charge in [0.05, 0.1) is 12.0 Å². The summed E-state index contributed by atoms with van der Waals surface area (Å²) < 4.78 is 0. The first-order chi connectivity index (χ1) is 11.3. The second-order valence-corrected chi connectivity index (χ2v) is 6.64. The van der Waals surface area contributed by atoms with Gasteiger partial charge in [-0.25, -0.2) is 0 Å². The zero-order valence-electron chi connectivity index (χ0n) is 14.7. The van der Waals surface area contributed by atoms with Crippen molar-refractivity contribution in [1.29, 1.82) is 0 Å². The number of aliphatic hydroxyl groups is 1. The van der Waals surface area contributed by atoms with E-state index in [4.69, 9.17) is 5.11 Å². The van der Waals surface area contributed by atoms with Crippen LogP contribution in [0.2, 0.25) is 0 Å². The molecule has 0 spiro atoms. The van der Waals surface area contributed by atoms with Gasteiger partial charge in [-0.05, 0) is 30.4 Å². The minimum Gasteiger partial charge on any atom is -0.481 e. The lowest BCUT2D eigenvalue weighted by Crippen LogP contribution is -2.35. The molecule has 0 radical (unpaired) electrons. The van der Waals surface area contributed by atoms with E-state index < -0.39 is 18.0 Å². The molecule has 25 heavy (non-hydrogen) atoms. The number of hydrogen-bond donors (Lipinski definition) is 2. The SMILES string of the molecule is C=CC(CC1=CCN(C(=O)C2=CC(C(C)C)=CCC2O)C1)C(=O)O.O. The lowest BCUT2D eigenvalue weighted by molar-refractivity contribution is -0.140. The number of rotatable bonds is 6. The standard InChI is InChI=1S/C19H25NO4.H2O/c1-4-14(19(23)24)9-13-7-8-20(11-13)18(22)16-10-15(12(2)3)5-6-17(16)21;/h4-5,7,10,12,14,17,21H,1,6,8-9,11H2,2-3H3,(H,23,24);1H2. The third kappa shape index (κ3) is 4.90. The van der Waals surface area contributed by atoms with Gasteiger partial charge in [0.15, 0.2) is 0 Å². The lowest BCUT2D eigenvalue weighted by Gasteiger charge is -2.25. The smallest absolute Gasteiger partial charge is 0.310 e. The van der Waals surface area contributed by atoms with Crippen LogP contribution in [-0.2, 0) is 9.59 Å². The number of nitrogens with zero attached hydrogens (tertiary/aromatic N) is 1. The predicted molar refractivity (Wildman–Crippen MR) is 95.8 cm³/mol. The third-order valence-electron chi connectivity index (χ3n) is 4.54. The van der Waals surface area contributed by atoms with Crippen molar-refractivity contribution in [2.75, 3.05) is 13.1 Å². The molecule has 0 saturated carbocycles. The summed E-state index contributed by atoms with van der Waals surface area (Å²) in [5.41, 5.74) is 2.41. The van der Waals surface area contributed by atoms with E-state index in [-0.39, 0.29) is 11.4 Å². The van der Waals surface area contributed by atoms with E-state index in [0.29, 0.717) is 37.4 Å². The maximum absolute atomic E-state index is 12.7. The summed E-state index contributed by atoms with van der Waals surface area (Å²) in [6.45, 7) is 8.51. The largest absolute Gasteiger partial charge is 0.481 e. The molecule has 6 heteroatoms. The number of carbonyl (C=O) groups excluding carboxylic acids is 1. The van der Waals surface area contributed by atoms with E-state index in [1.165, 1.54) is 6.08 Å². The number of allylic oxidation sites excluding steroid dienone is 2. The van der Waals surface area contributed by atoms with Crippen LogP contribution in [0.3, 0.4) is 0 Å². The van der Waals surface area contributed by atoms with Crippen molar-refractivity contribution >= 4 is 11.9 Å². The second-order valence-electron chi connectivity index (χ2n) is 6.64. The van der Waals surface area contributed by atoms with E-state index in [0.717, 1.165) is 11.1 Å². The molecular formula is C19H27NO5. The first-order valence-corrected chi connectivity index (χ1v) is 8.25. The molecule has 1 aliphatic heterocycles. The van der Waals surface area contributed by atoms with E-state index in [1.54, 1.807) is 11.0 Å². The van der Waals surface area contributed by atoms with Crippen LogP contribution in [0.15, 0.2) is 47.6 Å². The molecular weight excluding hydrogens is 322 g/mol. The maximum Gasteiger partial charge on any atom is 0.310 e. The number of hydrogen-bond acceptors (Lipinski definition) is 3. The quantitative estimate of drug-likeness (QED) is 0.708. The maximum atomic E-state index is 12.7. The molecule has 0 aromatic rings. The highest BCUT2D eigenvalue weighted by molar-refractivity contribution is 5.95. The average Bonchev–Trinajstić information content (AvgIpc) is 3.00. The Balaban J connectivity index is 0.00000312. The predicted octanol–water partition coefficient (Wildman–Crippen LogP) is 1.48. The molecule has 0 bridgehead atoms. The Kier molecular flexibility index (Phi) is 7.33. The summed E-state index contributed by atoms with van der Waals surface area (Å²) in [4.78, 5) is 25.5. The number of aliphatic hydroxyl groups excluding tert-OH is 1. The molecule has 0 saturated heterocycles. The van der Waals surface area contributed by atoms with E-state index >= 15 is 0 Å². The highest BCUT2D eigenvalue weighted by Gasteiger charge is 2.29. The molecule has 0 aromatic heterocycles. The Bertz CT molecular complexity index is 630. The number of aliphatic carboxylic acids is 1. The first-order valence-electron chi connectivity index (χ1n) is 8.25. The number of carbonyl (C=O) groups is 2. The average molecular weight is 349 g/mol. The molecule has 138 valence electrons. The summed E-state index contributed by atoms with van der Waals surface area (Å²) in [5.74, 6) is -1.42. The molecule has 1 aliphatic carbocycles. The van der Waals surface area contributed by atoms with E-state index in [9.17, 15) is 14.7 Å². The van der Waals surface area contributed by atoms with Crippen LogP contribution in [0.4, 0.5) is 0 Å². The van der Waals surface area contributed by atoms with Crippen molar-refractivity contribution in [3.8, 4) is 0 Å². The third-order valence-corrected chi connectivity index (χ3v) is 4.54. The Labute approximate surface area is 148 Å². The van der Waals surface area contributed by atoms with Crippen molar-refractivity contribution in [1.82, 2.24) is 4.90 Å². The van der Waals surface area contributed by atoms with Gasteiger partial charge in [0.1, 0.15) is 0 Å². The molecule has 2 aliphatic rings. The summed E-state index contributed by atoms with van der Waals surface area (Å²) in [7, 11) is 0. The molecule has 1 amide bonds. The topological polar surface area (TPSA) is 109 Å². The van der Waals surface area contributed by atoms with Crippen molar-refractivity contribution in [3.63, 3.8) is 0 Å². The van der Waals surface area contributed by atoms with Crippen LogP contribution in [0.1, 0.15) is 26.7 Å². The van der Waals surface area contributed by atoms with Gasteiger partial charge in [0.2, 0.25) is 0 Å². The van der Waals surface area contributed by atoms with Gasteiger partial charge in [0.25, 0.3) is 5.91 Å². The zero-order valence-corrected chi connectivity index (χ0v) is 14.7. The Morgan fingerprint density at radius 2 is 2.08 bits per heavy atom. The van der Waals surface area contributed by atoms with Crippen LogP contribution in [0.25, 0.3) is 0 Å². The molecule has 0 aromatic carbocycles. The fourth-order valence-electron chi connectivity index (χ4n) is 2.97. The van der Waals surface area contributed by atoms with Gasteiger partial charge in [-0.3, -0.25) is 9.59 Å². The number of carboxylic acids is 1. The van der Waals surface area contributed by atoms with E-state index in [2.05, 4.69) is 20.4 Å². The monoisotopic (exact) mass is 349 g/mol. The normalized spacial score (nSPS) is 21.0. The van der Waals surface area contributed by atoms with Crippen LogP contribution in [0, 0.1) is 11.8 Å². The Morgan fingerprint density at radius 3 is 2.64 bits per heavy atom. The van der Waals surface area contributed by atoms with Gasteiger partial charge in [-0.15, -0.1) is 6.58 Å². The van der Waals surface area contributed by atoms with Crippen molar-refractivity contribution in [3.05, 3.63) is 47.6 Å². The van der Waals surface area contributed by atoms with Gasteiger partial charge >= 0.3 is 5.97 Å². The van der Waals surface area contributed by atoms with Crippen LogP contribution in [0.5, 0.6) is 0 Å². The van der Waals surface area contributed by atoms with Crippen LogP contribution in [-0.4, -0.2) is 51.7 Å². The summed E-state index contributed by atoms with van der Waals surface area (Å²) in [5, 5.41) is 19.3. The minimum absolute atomic E-state index is 0. The highest BCUT2D eigenvalue weighted by atomic mass is 16.4. The molecule has 6 nitrogen and oxygen atoms in total. The molecule has 2 atom stereocenters. The zero-order chi connectivity index (χ0) is 17.9. The van der Waals surface area contributed by atoms with Gasteiger partial charge in [0, 0.05) is 18.7 Å². The van der Waals surface area contributed by atoms with Crippen LogP contribution >= 0.6 is 0 Å². The van der Waals surface area contributed by atoms with Gasteiger partial charge in [-0.2, -0.15) is 0 Å². The fraction of sp³-hybridized carbons (Fsp3) is 0.474. The minimum atomic E-state index is -0.909. The molecule has 4 N–H and O–H groups in total. The summed E-state index contributed by atoms with van der Waals surface area (Å²) >= 11 is 0. The lowest BCUT2D eigenvalue weighted by atomic mass is 9.90. The first kappa shape index (κ1) is 20.9. The Hall–Kier alpha value is -2.18. The van der Waals surface area contributed by atoms with Gasteiger partial charge < -0.3 is 20.6 Å². The van der Waals surface area contributed by atoms with Gasteiger partial charge in [-0.1, -0.05) is 37.6 Å². The number of carboxylic acid groups (broad SMARTS) is 1. The summed E-state index contributed by atoms with van der Waals surface area (Å²) in [6.07, 6.45) is 7.12.